The van der Waals surface area contributed by atoms with Crippen molar-refractivity contribution >= 4 is 5.91 Å². The first-order valence-corrected chi connectivity index (χ1v) is 7.91. The molecule has 0 bridgehead atoms. The molecule has 1 fully saturated rings. The van der Waals surface area contributed by atoms with E-state index in [1.165, 1.54) is 5.56 Å². The summed E-state index contributed by atoms with van der Waals surface area (Å²) in [6, 6.07) is 10.1. The summed E-state index contributed by atoms with van der Waals surface area (Å²) in [6.45, 7) is 1.93. The van der Waals surface area contributed by atoms with Crippen LogP contribution in [0.3, 0.4) is 0 Å². The van der Waals surface area contributed by atoms with Crippen LogP contribution in [0.25, 0.3) is 0 Å². The van der Waals surface area contributed by atoms with E-state index in [9.17, 15) is 9.59 Å². The lowest BCUT2D eigenvalue weighted by molar-refractivity contribution is -0.128. The number of hydrogen-bond donors (Lipinski definition) is 3. The van der Waals surface area contributed by atoms with Crippen LogP contribution in [0.15, 0.2) is 35.1 Å². The molecule has 0 aliphatic carbocycles. The fourth-order valence-corrected chi connectivity index (χ4v) is 2.97. The SMILES string of the molecule is O=C(NCc1n[nH]c(=O)[nH]1)[C@H]1CCCCN1Cc1ccccc1. The molecule has 7 nitrogen and oxygen atoms in total. The normalized spacial score (nSPS) is 18.7. The fraction of sp³-hybridized carbons (Fsp3) is 0.438. The first-order valence-electron chi connectivity index (χ1n) is 7.91. The van der Waals surface area contributed by atoms with Crippen LogP contribution in [-0.2, 0) is 17.9 Å². The molecule has 0 saturated carbocycles. The van der Waals surface area contributed by atoms with Gasteiger partial charge in [-0.1, -0.05) is 36.8 Å². The summed E-state index contributed by atoms with van der Waals surface area (Å²) in [5.74, 6) is 0.429. The molecule has 1 aromatic carbocycles. The smallest absolute Gasteiger partial charge is 0.340 e. The predicted molar refractivity (Wildman–Crippen MR) is 85.5 cm³/mol. The van der Waals surface area contributed by atoms with Crippen molar-refractivity contribution in [2.75, 3.05) is 6.54 Å². The van der Waals surface area contributed by atoms with Gasteiger partial charge in [-0.3, -0.25) is 14.7 Å². The number of carbonyl (C=O) groups excluding carboxylic acids is 1. The van der Waals surface area contributed by atoms with Gasteiger partial charge in [-0.15, -0.1) is 0 Å². The molecule has 23 heavy (non-hydrogen) atoms. The molecule has 1 aliphatic rings. The highest BCUT2D eigenvalue weighted by molar-refractivity contribution is 5.81. The van der Waals surface area contributed by atoms with E-state index in [2.05, 4.69) is 37.5 Å². The fourth-order valence-electron chi connectivity index (χ4n) is 2.97. The van der Waals surface area contributed by atoms with Crippen molar-refractivity contribution in [1.29, 1.82) is 0 Å². The summed E-state index contributed by atoms with van der Waals surface area (Å²) in [5.41, 5.74) is 0.849. The Morgan fingerprint density at radius 1 is 1.30 bits per heavy atom. The number of carbonyl (C=O) groups is 1. The maximum Gasteiger partial charge on any atom is 0.340 e. The van der Waals surface area contributed by atoms with E-state index in [1.54, 1.807) is 0 Å². The molecule has 7 heteroatoms. The topological polar surface area (TPSA) is 93.9 Å². The van der Waals surface area contributed by atoms with E-state index in [0.717, 1.165) is 32.4 Å². The Kier molecular flexibility index (Phi) is 4.87. The lowest BCUT2D eigenvalue weighted by atomic mass is 10.0. The van der Waals surface area contributed by atoms with Crippen molar-refractivity contribution in [3.63, 3.8) is 0 Å². The average Bonchev–Trinajstić information content (AvgIpc) is 3.00. The third kappa shape index (κ3) is 4.07. The number of piperidine rings is 1. The van der Waals surface area contributed by atoms with Gasteiger partial charge in [-0.25, -0.2) is 9.89 Å². The van der Waals surface area contributed by atoms with Crippen molar-refractivity contribution in [2.24, 2.45) is 0 Å². The second-order valence-corrected chi connectivity index (χ2v) is 5.81. The van der Waals surface area contributed by atoms with E-state index < -0.39 is 0 Å². The molecular weight excluding hydrogens is 294 g/mol. The standard InChI is InChI=1S/C16H21N5O2/c22-15(17-10-14-18-16(23)20-19-14)13-8-4-5-9-21(13)11-12-6-2-1-3-7-12/h1-3,6-7,13H,4-5,8-11H2,(H,17,22)(H2,18,19,20,23)/t13-/m1/s1. The Morgan fingerprint density at radius 3 is 2.87 bits per heavy atom. The minimum atomic E-state index is -0.363. The highest BCUT2D eigenvalue weighted by Gasteiger charge is 2.28. The van der Waals surface area contributed by atoms with Crippen LogP contribution in [0.1, 0.15) is 30.7 Å². The van der Waals surface area contributed by atoms with Gasteiger partial charge in [-0.2, -0.15) is 5.10 Å². The van der Waals surface area contributed by atoms with Gasteiger partial charge in [0.05, 0.1) is 12.6 Å². The molecule has 1 saturated heterocycles. The first kappa shape index (κ1) is 15.5. The van der Waals surface area contributed by atoms with Gasteiger partial charge in [0.25, 0.3) is 0 Å². The van der Waals surface area contributed by atoms with Gasteiger partial charge < -0.3 is 5.32 Å². The maximum atomic E-state index is 12.5. The Bertz CT molecular complexity index is 694. The largest absolute Gasteiger partial charge is 0.347 e. The Labute approximate surface area is 134 Å². The number of H-pyrrole nitrogens is 2. The van der Waals surface area contributed by atoms with Crippen molar-refractivity contribution in [1.82, 2.24) is 25.4 Å². The van der Waals surface area contributed by atoms with E-state index in [-0.39, 0.29) is 24.2 Å². The monoisotopic (exact) mass is 315 g/mol. The predicted octanol–water partition coefficient (Wildman–Crippen LogP) is 0.769. The summed E-state index contributed by atoms with van der Waals surface area (Å²) >= 11 is 0. The molecule has 1 aromatic heterocycles. The Morgan fingerprint density at radius 2 is 2.13 bits per heavy atom. The number of nitrogens with zero attached hydrogens (tertiary/aromatic N) is 2. The Balaban J connectivity index is 1.61. The van der Waals surface area contributed by atoms with Crippen molar-refractivity contribution < 1.29 is 4.79 Å². The molecule has 122 valence electrons. The summed E-state index contributed by atoms with van der Waals surface area (Å²) in [7, 11) is 0. The summed E-state index contributed by atoms with van der Waals surface area (Å²) in [6.07, 6.45) is 3.03. The molecule has 0 radical (unpaired) electrons. The van der Waals surface area contributed by atoms with Gasteiger partial charge in [-0.05, 0) is 24.9 Å². The molecule has 3 rings (SSSR count). The molecule has 1 atom stereocenters. The summed E-state index contributed by atoms with van der Waals surface area (Å²) in [4.78, 5) is 28.3. The van der Waals surface area contributed by atoms with Crippen LogP contribution in [-0.4, -0.2) is 38.6 Å². The molecule has 0 unspecified atom stereocenters. The third-order valence-electron chi connectivity index (χ3n) is 4.13. The van der Waals surface area contributed by atoms with Crippen molar-refractivity contribution in [2.45, 2.75) is 38.4 Å². The molecule has 3 N–H and O–H groups in total. The lowest BCUT2D eigenvalue weighted by Crippen LogP contribution is -2.48. The highest BCUT2D eigenvalue weighted by Crippen LogP contribution is 2.19. The number of amides is 1. The zero-order valence-corrected chi connectivity index (χ0v) is 12.9. The van der Waals surface area contributed by atoms with Crippen LogP contribution >= 0.6 is 0 Å². The maximum absolute atomic E-state index is 12.5. The van der Waals surface area contributed by atoms with Gasteiger partial charge in [0.2, 0.25) is 5.91 Å². The molecule has 1 amide bonds. The number of nitrogens with one attached hydrogen (secondary N) is 3. The van der Waals surface area contributed by atoms with Crippen LogP contribution < -0.4 is 11.0 Å². The molecule has 2 aromatic rings. The summed E-state index contributed by atoms with van der Waals surface area (Å²) in [5, 5.41) is 8.95. The van der Waals surface area contributed by atoms with Crippen LogP contribution in [0.5, 0.6) is 0 Å². The first-order chi connectivity index (χ1) is 11.2. The van der Waals surface area contributed by atoms with Crippen LogP contribution in [0.2, 0.25) is 0 Å². The van der Waals surface area contributed by atoms with Crippen LogP contribution in [0.4, 0.5) is 0 Å². The molecule has 2 heterocycles. The average molecular weight is 315 g/mol. The molecule has 1 aliphatic heterocycles. The second-order valence-electron chi connectivity index (χ2n) is 5.81. The number of likely N-dealkylation sites (tertiary alicyclic amines) is 1. The molecule has 0 spiro atoms. The number of rotatable bonds is 5. The second kappa shape index (κ2) is 7.23. The van der Waals surface area contributed by atoms with Gasteiger partial charge >= 0.3 is 5.69 Å². The number of aromatic amines is 2. The quantitative estimate of drug-likeness (QED) is 0.759. The van der Waals surface area contributed by atoms with E-state index in [0.29, 0.717) is 5.82 Å². The number of hydrogen-bond acceptors (Lipinski definition) is 4. The lowest BCUT2D eigenvalue weighted by Gasteiger charge is -2.34. The van der Waals surface area contributed by atoms with Gasteiger partial charge in [0.1, 0.15) is 5.82 Å². The van der Waals surface area contributed by atoms with E-state index in [4.69, 9.17) is 0 Å². The Hall–Kier alpha value is -2.41. The van der Waals surface area contributed by atoms with E-state index >= 15 is 0 Å². The highest BCUT2D eigenvalue weighted by atomic mass is 16.2. The van der Waals surface area contributed by atoms with Crippen molar-refractivity contribution in [3.05, 3.63) is 52.2 Å². The zero-order valence-electron chi connectivity index (χ0n) is 12.9. The van der Waals surface area contributed by atoms with Gasteiger partial charge in [0.15, 0.2) is 0 Å². The summed E-state index contributed by atoms with van der Waals surface area (Å²) < 4.78 is 0. The third-order valence-corrected chi connectivity index (χ3v) is 4.13. The van der Waals surface area contributed by atoms with Crippen LogP contribution in [0, 0.1) is 0 Å². The van der Waals surface area contributed by atoms with Crippen molar-refractivity contribution in [3.8, 4) is 0 Å². The minimum Gasteiger partial charge on any atom is -0.347 e. The zero-order chi connectivity index (χ0) is 16.1. The number of benzene rings is 1. The number of aromatic nitrogens is 3. The minimum absolute atomic E-state index is 0.00974. The molecular formula is C16H21N5O2. The van der Waals surface area contributed by atoms with E-state index in [1.807, 2.05) is 18.2 Å². The van der Waals surface area contributed by atoms with Gasteiger partial charge in [0, 0.05) is 6.54 Å².